The molecule has 0 saturated heterocycles. The summed E-state index contributed by atoms with van der Waals surface area (Å²) >= 11 is 0. The number of nitrogens with zero attached hydrogens (tertiary/aromatic N) is 1. The summed E-state index contributed by atoms with van der Waals surface area (Å²) in [6.45, 7) is 4.63. The van der Waals surface area contributed by atoms with Gasteiger partial charge in [-0.1, -0.05) is 56.3 Å². The van der Waals surface area contributed by atoms with Gasteiger partial charge in [0.25, 0.3) is 6.43 Å². The number of fused-ring (bicyclic) bond motifs is 1. The minimum atomic E-state index is -2.78. The Labute approximate surface area is 204 Å². The first-order chi connectivity index (χ1) is 16.7. The Bertz CT molecular complexity index is 1220. The summed E-state index contributed by atoms with van der Waals surface area (Å²) in [5, 5.41) is 18.9. The number of carboxylic acids is 1. The molecule has 3 aromatic rings. The van der Waals surface area contributed by atoms with Gasteiger partial charge in [-0.3, -0.25) is 0 Å². The van der Waals surface area contributed by atoms with Crippen molar-refractivity contribution < 1.29 is 23.8 Å². The second-order valence-electron chi connectivity index (χ2n) is 9.37. The monoisotopic (exact) mass is 477 g/mol. The fraction of sp³-hybridized carbons (Fsp3) is 0.276. The normalized spacial score (nSPS) is 17.8. The fourth-order valence-corrected chi connectivity index (χ4v) is 5.02. The zero-order valence-corrected chi connectivity index (χ0v) is 19.8. The third-order valence-electron chi connectivity index (χ3n) is 6.51. The van der Waals surface area contributed by atoms with Crippen LogP contribution in [0.1, 0.15) is 41.7 Å². The molecule has 4 rings (SSSR count). The number of aliphatic carboxylic acids is 1. The molecule has 0 aliphatic carbocycles. The molecule has 2 N–H and O–H groups in total. The number of anilines is 1. The minimum Gasteiger partial charge on any atom is -0.508 e. The Balaban J connectivity index is 1.87. The molecule has 182 valence electrons. The van der Waals surface area contributed by atoms with Gasteiger partial charge in [0.1, 0.15) is 5.75 Å². The predicted octanol–water partition coefficient (Wildman–Crippen LogP) is 6.26. The highest BCUT2D eigenvalue weighted by atomic mass is 19.3. The second kappa shape index (κ2) is 9.90. The van der Waals surface area contributed by atoms with Crippen LogP contribution in [0.2, 0.25) is 0 Å². The molecule has 0 radical (unpaired) electrons. The SMILES string of the molecule is CC(C)Cc1ccc(N2CCc3cc(O)ccc3C2(c2ccc(/C=C/C(=O)O)cc2)C(F)F)cc1. The van der Waals surface area contributed by atoms with E-state index in [0.717, 1.165) is 18.1 Å². The Morgan fingerprint density at radius 1 is 1.06 bits per heavy atom. The van der Waals surface area contributed by atoms with Gasteiger partial charge in [-0.05, 0) is 76.9 Å². The van der Waals surface area contributed by atoms with E-state index in [0.29, 0.717) is 46.8 Å². The standard InChI is InChI=1S/C29H29F2NO3/c1-19(2)17-21-5-10-24(11-6-21)32-16-15-22-18-25(33)12-13-26(22)29(32,28(30)31)23-8-3-20(4-9-23)7-14-27(34)35/h3-14,18-19,28,33H,15-17H2,1-2H3,(H,34,35)/b14-7+. The Hall–Kier alpha value is -3.67. The first kappa shape index (κ1) is 24.5. The highest BCUT2D eigenvalue weighted by Gasteiger charge is 2.51. The molecule has 1 unspecified atom stereocenters. The number of carbonyl (C=O) groups is 1. The maximum absolute atomic E-state index is 15.4. The van der Waals surface area contributed by atoms with Gasteiger partial charge in [0.15, 0.2) is 5.54 Å². The lowest BCUT2D eigenvalue weighted by atomic mass is 9.75. The van der Waals surface area contributed by atoms with Crippen LogP contribution in [0, 0.1) is 5.92 Å². The van der Waals surface area contributed by atoms with E-state index in [1.54, 1.807) is 41.3 Å². The summed E-state index contributed by atoms with van der Waals surface area (Å²) in [5.41, 5.74) is 2.24. The maximum atomic E-state index is 15.4. The van der Waals surface area contributed by atoms with Gasteiger partial charge in [0.05, 0.1) is 0 Å². The molecule has 1 aliphatic rings. The van der Waals surface area contributed by atoms with Crippen molar-refractivity contribution in [1.82, 2.24) is 0 Å². The van der Waals surface area contributed by atoms with Crippen molar-refractivity contribution in [1.29, 1.82) is 0 Å². The topological polar surface area (TPSA) is 60.8 Å². The first-order valence-corrected chi connectivity index (χ1v) is 11.7. The smallest absolute Gasteiger partial charge is 0.328 e. The number of hydrogen-bond donors (Lipinski definition) is 2. The van der Waals surface area contributed by atoms with E-state index in [9.17, 15) is 9.90 Å². The average Bonchev–Trinajstić information content (AvgIpc) is 2.82. The van der Waals surface area contributed by atoms with E-state index >= 15 is 8.78 Å². The molecule has 0 amide bonds. The van der Waals surface area contributed by atoms with Gasteiger partial charge in [-0.15, -0.1) is 0 Å². The lowest BCUT2D eigenvalue weighted by Crippen LogP contribution is -2.56. The van der Waals surface area contributed by atoms with Crippen molar-refractivity contribution in [3.63, 3.8) is 0 Å². The maximum Gasteiger partial charge on any atom is 0.328 e. The third kappa shape index (κ3) is 4.78. The molecule has 6 heteroatoms. The third-order valence-corrected chi connectivity index (χ3v) is 6.51. The predicted molar refractivity (Wildman–Crippen MR) is 134 cm³/mol. The number of halogens is 2. The molecule has 0 fully saturated rings. The molecule has 1 heterocycles. The minimum absolute atomic E-state index is 0.0487. The summed E-state index contributed by atoms with van der Waals surface area (Å²) < 4.78 is 30.8. The Morgan fingerprint density at radius 2 is 1.74 bits per heavy atom. The number of phenols is 1. The number of alkyl halides is 2. The zero-order chi connectivity index (χ0) is 25.2. The van der Waals surface area contributed by atoms with Gasteiger partial charge in [-0.2, -0.15) is 0 Å². The summed E-state index contributed by atoms with van der Waals surface area (Å²) in [5.74, 6) is -0.539. The summed E-state index contributed by atoms with van der Waals surface area (Å²) in [6.07, 6.45) is 1.10. The molecule has 0 aromatic heterocycles. The van der Waals surface area contributed by atoms with Gasteiger partial charge in [0, 0.05) is 18.3 Å². The highest BCUT2D eigenvalue weighted by molar-refractivity contribution is 5.85. The lowest BCUT2D eigenvalue weighted by Gasteiger charge is -2.49. The number of phenolic OH excluding ortho intramolecular Hbond substituents is 1. The number of hydrogen-bond acceptors (Lipinski definition) is 3. The van der Waals surface area contributed by atoms with Crippen LogP contribution in [-0.4, -0.2) is 29.2 Å². The van der Waals surface area contributed by atoms with E-state index in [1.807, 2.05) is 24.3 Å². The van der Waals surface area contributed by atoms with E-state index in [1.165, 1.54) is 12.1 Å². The quantitative estimate of drug-likeness (QED) is 0.394. The zero-order valence-electron chi connectivity index (χ0n) is 19.8. The highest BCUT2D eigenvalue weighted by Crippen LogP contribution is 2.48. The molecule has 1 aliphatic heterocycles. The van der Waals surface area contributed by atoms with Crippen molar-refractivity contribution >= 4 is 17.7 Å². The molecule has 3 aromatic carbocycles. The van der Waals surface area contributed by atoms with Crippen LogP contribution in [-0.2, 0) is 23.2 Å². The van der Waals surface area contributed by atoms with Crippen molar-refractivity contribution in [3.05, 3.63) is 101 Å². The summed E-state index contributed by atoms with van der Waals surface area (Å²) in [6, 6.07) is 19.0. The molecule has 0 bridgehead atoms. The van der Waals surface area contributed by atoms with E-state index in [4.69, 9.17) is 5.11 Å². The van der Waals surface area contributed by atoms with Gasteiger partial charge in [0.2, 0.25) is 0 Å². The van der Waals surface area contributed by atoms with Crippen LogP contribution in [0.15, 0.2) is 72.8 Å². The summed E-state index contributed by atoms with van der Waals surface area (Å²) in [7, 11) is 0. The van der Waals surface area contributed by atoms with E-state index in [2.05, 4.69) is 13.8 Å². The molecule has 1 atom stereocenters. The van der Waals surface area contributed by atoms with Crippen LogP contribution in [0.3, 0.4) is 0 Å². The molecule has 35 heavy (non-hydrogen) atoms. The van der Waals surface area contributed by atoms with Crippen LogP contribution in [0.25, 0.3) is 6.08 Å². The van der Waals surface area contributed by atoms with Crippen molar-refractivity contribution in [3.8, 4) is 5.75 Å². The molecule has 0 saturated carbocycles. The molecule has 0 spiro atoms. The molecular weight excluding hydrogens is 448 g/mol. The summed E-state index contributed by atoms with van der Waals surface area (Å²) in [4.78, 5) is 12.6. The van der Waals surface area contributed by atoms with Gasteiger partial charge < -0.3 is 15.1 Å². The van der Waals surface area contributed by atoms with Crippen LogP contribution in [0.4, 0.5) is 14.5 Å². The molecule has 4 nitrogen and oxygen atoms in total. The average molecular weight is 478 g/mol. The largest absolute Gasteiger partial charge is 0.508 e. The van der Waals surface area contributed by atoms with Crippen molar-refractivity contribution in [2.24, 2.45) is 5.92 Å². The van der Waals surface area contributed by atoms with Gasteiger partial charge >= 0.3 is 5.97 Å². The van der Waals surface area contributed by atoms with Crippen molar-refractivity contribution in [2.75, 3.05) is 11.4 Å². The van der Waals surface area contributed by atoms with Crippen LogP contribution in [0.5, 0.6) is 5.75 Å². The van der Waals surface area contributed by atoms with Gasteiger partial charge in [-0.25, -0.2) is 13.6 Å². The number of benzene rings is 3. The number of rotatable bonds is 7. The second-order valence-corrected chi connectivity index (χ2v) is 9.37. The van der Waals surface area contributed by atoms with E-state index < -0.39 is 17.9 Å². The lowest BCUT2D eigenvalue weighted by molar-refractivity contribution is -0.131. The fourth-order valence-electron chi connectivity index (χ4n) is 5.02. The van der Waals surface area contributed by atoms with Crippen LogP contribution >= 0.6 is 0 Å². The van der Waals surface area contributed by atoms with Crippen LogP contribution < -0.4 is 4.90 Å². The first-order valence-electron chi connectivity index (χ1n) is 11.7. The molecular formula is C29H29F2NO3. The Kier molecular flexibility index (Phi) is 6.92. The number of aromatic hydroxyl groups is 1. The van der Waals surface area contributed by atoms with Crippen molar-refractivity contribution in [2.45, 2.75) is 38.7 Å². The van der Waals surface area contributed by atoms with E-state index in [-0.39, 0.29) is 5.75 Å². The number of carboxylic acid groups (broad SMARTS) is 1. The Morgan fingerprint density at radius 3 is 2.34 bits per heavy atom.